The van der Waals surface area contributed by atoms with Crippen molar-refractivity contribution < 1.29 is 8.78 Å². The van der Waals surface area contributed by atoms with Gasteiger partial charge < -0.3 is 5.32 Å². The molecule has 1 saturated heterocycles. The molecule has 3 nitrogen and oxygen atoms in total. The van der Waals surface area contributed by atoms with Crippen LogP contribution in [0.3, 0.4) is 0 Å². The second-order valence-electron chi connectivity index (χ2n) is 4.08. The van der Waals surface area contributed by atoms with Crippen LogP contribution in [0.4, 0.5) is 8.78 Å². The Balaban J connectivity index is 2.11. The number of nitrogens with zero attached hydrogens (tertiary/aromatic N) is 2. The fourth-order valence-electron chi connectivity index (χ4n) is 2.10. The molecule has 1 aromatic rings. The SMILES string of the molecule is Cn1cc(CC2CCNC2)c(C(F)F)n1. The van der Waals surface area contributed by atoms with Crippen LogP contribution in [0.5, 0.6) is 0 Å². The van der Waals surface area contributed by atoms with Crippen molar-refractivity contribution in [2.45, 2.75) is 19.3 Å². The highest BCUT2D eigenvalue weighted by Gasteiger charge is 2.22. The quantitative estimate of drug-likeness (QED) is 0.828. The monoisotopic (exact) mass is 215 g/mol. The van der Waals surface area contributed by atoms with Gasteiger partial charge in [0.1, 0.15) is 5.69 Å². The Labute approximate surface area is 87.5 Å². The van der Waals surface area contributed by atoms with E-state index in [9.17, 15) is 8.78 Å². The predicted molar refractivity (Wildman–Crippen MR) is 52.8 cm³/mol. The van der Waals surface area contributed by atoms with Crippen LogP contribution < -0.4 is 5.32 Å². The Hall–Kier alpha value is -0.970. The van der Waals surface area contributed by atoms with E-state index in [2.05, 4.69) is 10.4 Å². The van der Waals surface area contributed by atoms with Gasteiger partial charge >= 0.3 is 0 Å². The first-order chi connectivity index (χ1) is 7.16. The Morgan fingerprint density at radius 2 is 2.47 bits per heavy atom. The molecule has 2 rings (SSSR count). The van der Waals surface area contributed by atoms with Crippen LogP contribution in [-0.2, 0) is 13.5 Å². The molecular formula is C10H15F2N3. The third-order valence-electron chi connectivity index (χ3n) is 2.81. The molecular weight excluding hydrogens is 200 g/mol. The van der Waals surface area contributed by atoms with Crippen LogP contribution in [0.25, 0.3) is 0 Å². The van der Waals surface area contributed by atoms with E-state index < -0.39 is 6.43 Å². The second-order valence-corrected chi connectivity index (χ2v) is 4.08. The summed E-state index contributed by atoms with van der Waals surface area (Å²) in [4.78, 5) is 0. The average Bonchev–Trinajstić information content (AvgIpc) is 2.75. The zero-order chi connectivity index (χ0) is 10.8. The fourth-order valence-corrected chi connectivity index (χ4v) is 2.10. The number of hydrogen-bond donors (Lipinski definition) is 1. The van der Waals surface area contributed by atoms with Gasteiger partial charge in [0.25, 0.3) is 6.43 Å². The summed E-state index contributed by atoms with van der Waals surface area (Å²) in [5.74, 6) is 0.478. The molecule has 1 N–H and O–H groups in total. The summed E-state index contributed by atoms with van der Waals surface area (Å²) in [7, 11) is 1.68. The summed E-state index contributed by atoms with van der Waals surface area (Å²) in [5, 5.41) is 7.03. The first-order valence-corrected chi connectivity index (χ1v) is 5.18. The molecule has 1 aromatic heterocycles. The molecule has 0 bridgehead atoms. The minimum atomic E-state index is -2.46. The van der Waals surface area contributed by atoms with Crippen LogP contribution in [0.15, 0.2) is 6.20 Å². The van der Waals surface area contributed by atoms with E-state index in [0.717, 1.165) is 19.5 Å². The molecule has 84 valence electrons. The van der Waals surface area contributed by atoms with E-state index >= 15 is 0 Å². The smallest absolute Gasteiger partial charge is 0.282 e. The highest BCUT2D eigenvalue weighted by molar-refractivity contribution is 5.19. The van der Waals surface area contributed by atoms with Crippen molar-refractivity contribution in [1.29, 1.82) is 0 Å². The van der Waals surface area contributed by atoms with E-state index in [1.807, 2.05) is 0 Å². The Bertz CT molecular complexity index is 329. The van der Waals surface area contributed by atoms with Crippen molar-refractivity contribution in [3.63, 3.8) is 0 Å². The van der Waals surface area contributed by atoms with Crippen molar-refractivity contribution in [3.8, 4) is 0 Å². The number of nitrogens with one attached hydrogen (secondary N) is 1. The Kier molecular flexibility index (Phi) is 3.00. The first kappa shape index (κ1) is 10.5. The van der Waals surface area contributed by atoms with Gasteiger partial charge in [-0.2, -0.15) is 5.10 Å². The van der Waals surface area contributed by atoms with Gasteiger partial charge in [-0.3, -0.25) is 4.68 Å². The highest BCUT2D eigenvalue weighted by Crippen LogP contribution is 2.24. The topological polar surface area (TPSA) is 29.9 Å². The lowest BCUT2D eigenvalue weighted by Crippen LogP contribution is -2.11. The van der Waals surface area contributed by atoms with Gasteiger partial charge in [0.2, 0.25) is 0 Å². The van der Waals surface area contributed by atoms with E-state index in [-0.39, 0.29) is 5.69 Å². The zero-order valence-corrected chi connectivity index (χ0v) is 8.71. The lowest BCUT2D eigenvalue weighted by molar-refractivity contribution is 0.144. The van der Waals surface area contributed by atoms with Gasteiger partial charge in [-0.05, 0) is 37.4 Å². The summed E-state index contributed by atoms with van der Waals surface area (Å²) in [6, 6.07) is 0. The number of aromatic nitrogens is 2. The van der Waals surface area contributed by atoms with Crippen LogP contribution in [0.1, 0.15) is 24.1 Å². The number of alkyl halides is 2. The van der Waals surface area contributed by atoms with Crippen molar-refractivity contribution in [3.05, 3.63) is 17.5 Å². The predicted octanol–water partition coefficient (Wildman–Crippen LogP) is 1.51. The molecule has 5 heteroatoms. The van der Waals surface area contributed by atoms with Gasteiger partial charge in [0, 0.05) is 13.2 Å². The summed E-state index contributed by atoms with van der Waals surface area (Å²) in [6.45, 7) is 1.92. The van der Waals surface area contributed by atoms with Crippen LogP contribution in [0.2, 0.25) is 0 Å². The number of rotatable bonds is 3. The largest absolute Gasteiger partial charge is 0.316 e. The number of aryl methyl sites for hydroxylation is 1. The summed E-state index contributed by atoms with van der Waals surface area (Å²) < 4.78 is 26.7. The molecule has 1 unspecified atom stereocenters. The molecule has 1 fully saturated rings. The third kappa shape index (κ3) is 2.34. The maximum Gasteiger partial charge on any atom is 0.282 e. The van der Waals surface area contributed by atoms with Gasteiger partial charge in [-0.1, -0.05) is 0 Å². The molecule has 0 aliphatic carbocycles. The molecule has 0 radical (unpaired) electrons. The lowest BCUT2D eigenvalue weighted by atomic mass is 9.99. The molecule has 1 aliphatic rings. The maximum absolute atomic E-state index is 12.6. The minimum Gasteiger partial charge on any atom is -0.316 e. The molecule has 0 amide bonds. The number of halogens is 2. The van der Waals surface area contributed by atoms with Crippen molar-refractivity contribution >= 4 is 0 Å². The van der Waals surface area contributed by atoms with E-state index in [0.29, 0.717) is 17.9 Å². The van der Waals surface area contributed by atoms with Crippen LogP contribution >= 0.6 is 0 Å². The minimum absolute atomic E-state index is 0.0515. The molecule has 0 aromatic carbocycles. The normalized spacial score (nSPS) is 21.5. The van der Waals surface area contributed by atoms with Crippen LogP contribution in [0, 0.1) is 5.92 Å². The van der Waals surface area contributed by atoms with Crippen molar-refractivity contribution in [2.24, 2.45) is 13.0 Å². The Morgan fingerprint density at radius 1 is 1.67 bits per heavy atom. The van der Waals surface area contributed by atoms with Gasteiger partial charge in [0.15, 0.2) is 0 Å². The molecule has 0 spiro atoms. The summed E-state index contributed by atoms with van der Waals surface area (Å²) in [6.07, 6.45) is 1.02. The first-order valence-electron chi connectivity index (χ1n) is 5.18. The third-order valence-corrected chi connectivity index (χ3v) is 2.81. The average molecular weight is 215 g/mol. The van der Waals surface area contributed by atoms with Crippen molar-refractivity contribution in [2.75, 3.05) is 13.1 Å². The van der Waals surface area contributed by atoms with Gasteiger partial charge in [-0.15, -0.1) is 0 Å². The zero-order valence-electron chi connectivity index (χ0n) is 8.71. The fraction of sp³-hybridized carbons (Fsp3) is 0.700. The van der Waals surface area contributed by atoms with Gasteiger partial charge in [-0.25, -0.2) is 8.78 Å². The van der Waals surface area contributed by atoms with E-state index in [4.69, 9.17) is 0 Å². The summed E-state index contributed by atoms with van der Waals surface area (Å²) >= 11 is 0. The molecule has 1 atom stereocenters. The molecule has 1 aliphatic heterocycles. The lowest BCUT2D eigenvalue weighted by Gasteiger charge is -2.07. The van der Waals surface area contributed by atoms with E-state index in [1.165, 1.54) is 4.68 Å². The maximum atomic E-state index is 12.6. The highest BCUT2D eigenvalue weighted by atomic mass is 19.3. The summed E-state index contributed by atoms with van der Waals surface area (Å²) in [5.41, 5.74) is 0.644. The van der Waals surface area contributed by atoms with Gasteiger partial charge in [0.05, 0.1) is 0 Å². The molecule has 2 heterocycles. The van der Waals surface area contributed by atoms with E-state index in [1.54, 1.807) is 13.2 Å². The Morgan fingerprint density at radius 3 is 3.07 bits per heavy atom. The standard InChI is InChI=1S/C10H15F2N3/c1-15-6-8(9(14-15)10(11)12)4-7-2-3-13-5-7/h6-7,10,13H,2-5H2,1H3. The van der Waals surface area contributed by atoms with Crippen LogP contribution in [-0.4, -0.2) is 22.9 Å². The van der Waals surface area contributed by atoms with Crippen molar-refractivity contribution in [1.82, 2.24) is 15.1 Å². The molecule has 15 heavy (non-hydrogen) atoms. The number of hydrogen-bond acceptors (Lipinski definition) is 2. The second kappa shape index (κ2) is 4.26. The molecule has 0 saturated carbocycles.